The summed E-state index contributed by atoms with van der Waals surface area (Å²) in [6.07, 6.45) is 0.768. The van der Waals surface area contributed by atoms with Crippen LogP contribution in [0.25, 0.3) is 0 Å². The molecule has 114 valence electrons. The average Bonchev–Trinajstić information content (AvgIpc) is 2.31. The van der Waals surface area contributed by atoms with Gasteiger partial charge in [-0.3, -0.25) is 0 Å². The van der Waals surface area contributed by atoms with Gasteiger partial charge in [0.2, 0.25) is 0 Å². The summed E-state index contributed by atoms with van der Waals surface area (Å²) in [7, 11) is 0. The molecule has 1 aromatic carbocycles. The minimum Gasteiger partial charge on any atom is -0.312 e. The second-order valence-electron chi connectivity index (χ2n) is 7.30. The first-order valence-electron chi connectivity index (χ1n) is 7.23. The van der Waals surface area contributed by atoms with Crippen molar-refractivity contribution in [3.05, 3.63) is 34.6 Å². The van der Waals surface area contributed by atoms with Gasteiger partial charge in [0.15, 0.2) is 0 Å². The molecule has 0 bridgehead atoms. The van der Waals surface area contributed by atoms with Gasteiger partial charge in [-0.05, 0) is 50.2 Å². The van der Waals surface area contributed by atoms with E-state index in [2.05, 4.69) is 46.9 Å². The van der Waals surface area contributed by atoms with E-state index in [1.54, 1.807) is 6.07 Å². The Kier molecular flexibility index (Phi) is 5.62. The predicted molar refractivity (Wildman–Crippen MR) is 85.8 cm³/mol. The van der Waals surface area contributed by atoms with Crippen LogP contribution >= 0.6 is 11.6 Å². The Labute approximate surface area is 127 Å². The molecule has 0 aliphatic heterocycles. The maximum atomic E-state index is 13.6. The Morgan fingerprint density at radius 1 is 1.20 bits per heavy atom. The SMILES string of the molecule is CC(C)C(C)(CNC(C)(C)C)Cc1cccc(F)c1Cl. The van der Waals surface area contributed by atoms with E-state index in [1.165, 1.54) is 6.07 Å². The molecule has 3 heteroatoms. The number of halogens is 2. The minimum atomic E-state index is -0.334. The lowest BCUT2D eigenvalue weighted by molar-refractivity contribution is 0.188. The highest BCUT2D eigenvalue weighted by Crippen LogP contribution is 2.34. The Balaban J connectivity index is 2.94. The van der Waals surface area contributed by atoms with Gasteiger partial charge >= 0.3 is 0 Å². The molecule has 0 radical (unpaired) electrons. The Morgan fingerprint density at radius 3 is 2.30 bits per heavy atom. The van der Waals surface area contributed by atoms with Gasteiger partial charge in [-0.2, -0.15) is 0 Å². The maximum absolute atomic E-state index is 13.6. The van der Waals surface area contributed by atoms with Crippen LogP contribution in [0.3, 0.4) is 0 Å². The molecule has 1 nitrogen and oxygen atoms in total. The summed E-state index contributed by atoms with van der Waals surface area (Å²) < 4.78 is 13.6. The van der Waals surface area contributed by atoms with E-state index in [9.17, 15) is 4.39 Å². The monoisotopic (exact) mass is 299 g/mol. The van der Waals surface area contributed by atoms with E-state index in [1.807, 2.05) is 6.07 Å². The van der Waals surface area contributed by atoms with Crippen molar-refractivity contribution >= 4 is 11.6 Å². The molecule has 0 amide bonds. The third kappa shape index (κ3) is 4.75. The maximum Gasteiger partial charge on any atom is 0.142 e. The van der Waals surface area contributed by atoms with Gasteiger partial charge in [-0.25, -0.2) is 4.39 Å². The third-order valence-electron chi connectivity index (χ3n) is 4.04. The molecule has 0 aromatic heterocycles. The molecule has 20 heavy (non-hydrogen) atoms. The Bertz CT molecular complexity index is 451. The summed E-state index contributed by atoms with van der Waals surface area (Å²) in [6, 6.07) is 5.06. The van der Waals surface area contributed by atoms with Crippen LogP contribution in [0.2, 0.25) is 5.02 Å². The fourth-order valence-corrected chi connectivity index (χ4v) is 2.25. The lowest BCUT2D eigenvalue weighted by Crippen LogP contribution is -2.45. The quantitative estimate of drug-likeness (QED) is 0.800. The third-order valence-corrected chi connectivity index (χ3v) is 4.47. The molecule has 0 heterocycles. The summed E-state index contributed by atoms with van der Waals surface area (Å²) >= 11 is 6.10. The van der Waals surface area contributed by atoms with Crippen LogP contribution in [0.4, 0.5) is 4.39 Å². The van der Waals surface area contributed by atoms with E-state index < -0.39 is 0 Å². The number of rotatable bonds is 5. The van der Waals surface area contributed by atoms with Crippen molar-refractivity contribution in [1.29, 1.82) is 0 Å². The second kappa shape index (κ2) is 6.44. The predicted octanol–water partition coefficient (Wildman–Crippen LogP) is 5.07. The number of nitrogens with one attached hydrogen (secondary N) is 1. The zero-order chi connectivity index (χ0) is 15.6. The summed E-state index contributed by atoms with van der Waals surface area (Å²) in [4.78, 5) is 0. The van der Waals surface area contributed by atoms with Gasteiger partial charge in [0.05, 0.1) is 5.02 Å². The summed E-state index contributed by atoms with van der Waals surface area (Å²) in [5.41, 5.74) is 0.991. The first-order valence-corrected chi connectivity index (χ1v) is 7.61. The van der Waals surface area contributed by atoms with Crippen LogP contribution in [0.15, 0.2) is 18.2 Å². The molecule has 1 rings (SSSR count). The van der Waals surface area contributed by atoms with Crippen molar-refractivity contribution in [1.82, 2.24) is 5.32 Å². The van der Waals surface area contributed by atoms with E-state index in [0.717, 1.165) is 18.5 Å². The van der Waals surface area contributed by atoms with Crippen molar-refractivity contribution in [2.75, 3.05) is 6.54 Å². The van der Waals surface area contributed by atoms with Crippen LogP contribution in [0.1, 0.15) is 47.1 Å². The lowest BCUT2D eigenvalue weighted by atomic mass is 9.74. The first-order chi connectivity index (χ1) is 9.05. The summed E-state index contributed by atoms with van der Waals surface area (Å²) in [6.45, 7) is 14.0. The molecule has 1 unspecified atom stereocenters. The van der Waals surface area contributed by atoms with Crippen molar-refractivity contribution in [3.8, 4) is 0 Å². The van der Waals surface area contributed by atoms with Gasteiger partial charge in [-0.1, -0.05) is 44.5 Å². The Hall–Kier alpha value is -0.600. The highest BCUT2D eigenvalue weighted by molar-refractivity contribution is 6.31. The highest BCUT2D eigenvalue weighted by atomic mass is 35.5. The minimum absolute atomic E-state index is 0.0325. The van der Waals surface area contributed by atoms with Gasteiger partial charge in [0, 0.05) is 12.1 Å². The Morgan fingerprint density at radius 2 is 1.80 bits per heavy atom. The first kappa shape index (κ1) is 17.5. The lowest BCUT2D eigenvalue weighted by Gasteiger charge is -2.37. The second-order valence-corrected chi connectivity index (χ2v) is 7.68. The zero-order valence-corrected chi connectivity index (χ0v) is 14.2. The molecular weight excluding hydrogens is 273 g/mol. The van der Waals surface area contributed by atoms with Gasteiger partial charge in [0.25, 0.3) is 0 Å². The van der Waals surface area contributed by atoms with Crippen LogP contribution < -0.4 is 5.32 Å². The van der Waals surface area contributed by atoms with Gasteiger partial charge < -0.3 is 5.32 Å². The smallest absolute Gasteiger partial charge is 0.142 e. The normalized spacial score (nSPS) is 15.4. The molecule has 0 saturated heterocycles. The zero-order valence-electron chi connectivity index (χ0n) is 13.5. The fourth-order valence-electron chi connectivity index (χ4n) is 2.06. The fraction of sp³-hybridized carbons (Fsp3) is 0.647. The van der Waals surface area contributed by atoms with Crippen LogP contribution in [-0.2, 0) is 6.42 Å². The van der Waals surface area contributed by atoms with Gasteiger partial charge in [-0.15, -0.1) is 0 Å². The van der Waals surface area contributed by atoms with Crippen LogP contribution in [0.5, 0.6) is 0 Å². The molecule has 0 aliphatic rings. The van der Waals surface area contributed by atoms with E-state index in [-0.39, 0.29) is 21.8 Å². The molecule has 1 N–H and O–H groups in total. The van der Waals surface area contributed by atoms with Crippen molar-refractivity contribution < 1.29 is 4.39 Å². The molecule has 1 aromatic rings. The molecular formula is C17H27ClFN. The summed E-state index contributed by atoms with van der Waals surface area (Å²) in [5, 5.41) is 3.82. The van der Waals surface area contributed by atoms with Gasteiger partial charge in [0.1, 0.15) is 5.82 Å². The molecule has 0 fully saturated rings. The standard InChI is InChI=1S/C17H27ClFN/c1-12(2)17(6,11-20-16(3,4)5)10-13-8-7-9-14(19)15(13)18/h7-9,12,20H,10-11H2,1-6H3. The highest BCUT2D eigenvalue weighted by Gasteiger charge is 2.31. The van der Waals surface area contributed by atoms with Crippen LogP contribution in [0, 0.1) is 17.2 Å². The number of hydrogen-bond acceptors (Lipinski definition) is 1. The number of benzene rings is 1. The topological polar surface area (TPSA) is 12.0 Å². The average molecular weight is 300 g/mol. The van der Waals surface area contributed by atoms with Crippen LogP contribution in [-0.4, -0.2) is 12.1 Å². The van der Waals surface area contributed by atoms with Crippen molar-refractivity contribution in [3.63, 3.8) is 0 Å². The molecule has 0 aliphatic carbocycles. The van der Waals surface area contributed by atoms with E-state index in [0.29, 0.717) is 5.92 Å². The molecule has 0 spiro atoms. The van der Waals surface area contributed by atoms with Crippen molar-refractivity contribution in [2.45, 2.75) is 53.5 Å². The van der Waals surface area contributed by atoms with E-state index in [4.69, 9.17) is 11.6 Å². The molecule has 0 saturated carbocycles. The number of hydrogen-bond donors (Lipinski definition) is 1. The summed E-state index contributed by atoms with van der Waals surface area (Å²) in [5.74, 6) is 0.135. The largest absolute Gasteiger partial charge is 0.312 e. The van der Waals surface area contributed by atoms with E-state index >= 15 is 0 Å². The van der Waals surface area contributed by atoms with Crippen molar-refractivity contribution in [2.24, 2.45) is 11.3 Å². The molecule has 1 atom stereocenters.